The Morgan fingerprint density at radius 2 is 1.93 bits per heavy atom. The summed E-state index contributed by atoms with van der Waals surface area (Å²) < 4.78 is 32.0. The molecule has 0 aliphatic carbocycles. The van der Waals surface area contributed by atoms with Gasteiger partial charge in [-0.25, -0.2) is 18.2 Å². The number of nitriles is 1. The molecule has 0 unspecified atom stereocenters. The maximum atomic E-state index is 12.3. The first-order valence-electron chi connectivity index (χ1n) is 8.92. The van der Waals surface area contributed by atoms with Crippen molar-refractivity contribution in [1.29, 1.82) is 5.26 Å². The lowest BCUT2D eigenvalue weighted by Crippen LogP contribution is -2.16. The van der Waals surface area contributed by atoms with E-state index in [0.717, 1.165) is 0 Å². The summed E-state index contributed by atoms with van der Waals surface area (Å²) >= 11 is 0. The van der Waals surface area contributed by atoms with Gasteiger partial charge in [-0.3, -0.25) is 4.72 Å². The number of anilines is 1. The van der Waals surface area contributed by atoms with Gasteiger partial charge in [-0.15, -0.1) is 0 Å². The minimum atomic E-state index is -3.56. The minimum absolute atomic E-state index is 0.0184. The molecule has 0 aliphatic rings. The molecule has 0 saturated carbocycles. The number of sulfonamides is 1. The summed E-state index contributed by atoms with van der Waals surface area (Å²) in [5, 5.41) is 10.1. The molecule has 0 amide bonds. The van der Waals surface area contributed by atoms with Crippen LogP contribution in [0.4, 0.5) is 5.69 Å². The monoisotopic (exact) mass is 409 g/mol. The fraction of sp³-hybridized carbons (Fsp3) is 0.190. The van der Waals surface area contributed by atoms with Gasteiger partial charge in [-0.2, -0.15) is 5.26 Å². The van der Waals surface area contributed by atoms with Crippen molar-refractivity contribution in [1.82, 2.24) is 4.98 Å². The number of hydrogen-bond acceptors (Lipinski definition) is 6. The molecule has 1 heterocycles. The Morgan fingerprint density at radius 1 is 1.17 bits per heavy atom. The number of ether oxygens (including phenoxy) is 1. The average molecular weight is 409 g/mol. The van der Waals surface area contributed by atoms with E-state index in [1.807, 2.05) is 0 Å². The number of nitrogens with one attached hydrogen (secondary N) is 1. The smallest absolute Gasteiger partial charge is 0.356 e. The standard InChI is InChI=1S/C21H19N3O4S/c1-3-11-29(26,27)24-18-10-6-9-16-17(15-8-5-4-7-14(15)13-22)12-19(21(25)28-2)23-20(16)18/h4-10,12,24H,3,11H2,1-2H3. The van der Waals surface area contributed by atoms with Crippen molar-refractivity contribution >= 4 is 32.6 Å². The number of hydrogen-bond donors (Lipinski definition) is 1. The zero-order valence-electron chi connectivity index (χ0n) is 16.0. The number of para-hydroxylation sites is 1. The number of rotatable bonds is 6. The molecular weight excluding hydrogens is 390 g/mol. The molecule has 7 nitrogen and oxygen atoms in total. The van der Waals surface area contributed by atoms with E-state index < -0.39 is 16.0 Å². The quantitative estimate of drug-likeness (QED) is 0.622. The van der Waals surface area contributed by atoms with E-state index in [-0.39, 0.29) is 17.1 Å². The molecule has 0 aliphatic heterocycles. The average Bonchev–Trinajstić information content (AvgIpc) is 2.72. The summed E-state index contributed by atoms with van der Waals surface area (Å²) in [4.78, 5) is 16.6. The zero-order chi connectivity index (χ0) is 21.0. The van der Waals surface area contributed by atoms with Crippen LogP contribution in [-0.4, -0.2) is 32.2 Å². The van der Waals surface area contributed by atoms with E-state index in [4.69, 9.17) is 4.74 Å². The van der Waals surface area contributed by atoms with Crippen LogP contribution >= 0.6 is 0 Å². The summed E-state index contributed by atoms with van der Waals surface area (Å²) in [6, 6.07) is 15.7. The summed E-state index contributed by atoms with van der Waals surface area (Å²) in [5.74, 6) is -0.696. The lowest BCUT2D eigenvalue weighted by molar-refractivity contribution is 0.0594. The molecule has 3 rings (SSSR count). The van der Waals surface area contributed by atoms with Gasteiger partial charge in [0.15, 0.2) is 0 Å². The second-order valence-electron chi connectivity index (χ2n) is 6.33. The first kappa shape index (κ1) is 20.3. The van der Waals surface area contributed by atoms with Crippen LogP contribution in [0.25, 0.3) is 22.0 Å². The van der Waals surface area contributed by atoms with Gasteiger partial charge in [0, 0.05) is 10.9 Å². The first-order chi connectivity index (χ1) is 13.9. The van der Waals surface area contributed by atoms with E-state index in [2.05, 4.69) is 15.8 Å². The Kier molecular flexibility index (Phi) is 5.80. The topological polar surface area (TPSA) is 109 Å². The summed E-state index contributed by atoms with van der Waals surface area (Å²) in [7, 11) is -2.32. The highest BCUT2D eigenvalue weighted by atomic mass is 32.2. The van der Waals surface area contributed by atoms with Crippen molar-refractivity contribution in [2.45, 2.75) is 13.3 Å². The molecule has 148 valence electrons. The lowest BCUT2D eigenvalue weighted by Gasteiger charge is -2.14. The SMILES string of the molecule is CCCS(=O)(=O)Nc1cccc2c(-c3ccccc3C#N)cc(C(=O)OC)nc12. The van der Waals surface area contributed by atoms with Crippen molar-refractivity contribution < 1.29 is 17.9 Å². The fourth-order valence-electron chi connectivity index (χ4n) is 3.07. The number of benzene rings is 2. The van der Waals surface area contributed by atoms with Crippen LogP contribution in [0.3, 0.4) is 0 Å². The second kappa shape index (κ2) is 8.29. The molecule has 1 N–H and O–H groups in total. The number of aromatic nitrogens is 1. The fourth-order valence-corrected chi connectivity index (χ4v) is 4.20. The highest BCUT2D eigenvalue weighted by Gasteiger charge is 2.19. The predicted octanol–water partition coefficient (Wildman–Crippen LogP) is 3.71. The van der Waals surface area contributed by atoms with E-state index in [0.29, 0.717) is 34.0 Å². The molecule has 0 bridgehead atoms. The Morgan fingerprint density at radius 3 is 2.62 bits per heavy atom. The largest absolute Gasteiger partial charge is 0.464 e. The van der Waals surface area contributed by atoms with Crippen molar-refractivity contribution in [2.24, 2.45) is 0 Å². The van der Waals surface area contributed by atoms with Crippen molar-refractivity contribution in [3.63, 3.8) is 0 Å². The van der Waals surface area contributed by atoms with Gasteiger partial charge >= 0.3 is 5.97 Å². The molecule has 0 atom stereocenters. The maximum Gasteiger partial charge on any atom is 0.356 e. The third kappa shape index (κ3) is 4.20. The van der Waals surface area contributed by atoms with Gasteiger partial charge in [-0.1, -0.05) is 37.3 Å². The Hall–Kier alpha value is -3.44. The molecule has 0 saturated heterocycles. The lowest BCUT2D eigenvalue weighted by atomic mass is 9.96. The van der Waals surface area contributed by atoms with Crippen LogP contribution < -0.4 is 4.72 Å². The number of carbonyl (C=O) groups is 1. The molecule has 3 aromatic rings. The molecule has 2 aromatic carbocycles. The van der Waals surface area contributed by atoms with Crippen LogP contribution in [0.1, 0.15) is 29.4 Å². The summed E-state index contributed by atoms with van der Waals surface area (Å²) in [6.45, 7) is 1.77. The van der Waals surface area contributed by atoms with Gasteiger partial charge in [0.1, 0.15) is 5.69 Å². The van der Waals surface area contributed by atoms with Crippen LogP contribution in [0.2, 0.25) is 0 Å². The molecular formula is C21H19N3O4S. The van der Waals surface area contributed by atoms with Crippen molar-refractivity contribution in [3.8, 4) is 17.2 Å². The number of esters is 1. The van der Waals surface area contributed by atoms with Crippen LogP contribution in [0.15, 0.2) is 48.5 Å². The van der Waals surface area contributed by atoms with Crippen LogP contribution in [0.5, 0.6) is 0 Å². The number of methoxy groups -OCH3 is 1. The highest BCUT2D eigenvalue weighted by Crippen LogP contribution is 2.34. The third-order valence-electron chi connectivity index (χ3n) is 4.31. The molecule has 0 fully saturated rings. The first-order valence-corrected chi connectivity index (χ1v) is 10.6. The molecule has 0 radical (unpaired) electrons. The maximum absolute atomic E-state index is 12.3. The third-order valence-corrected chi connectivity index (χ3v) is 5.79. The minimum Gasteiger partial charge on any atom is -0.464 e. The summed E-state index contributed by atoms with van der Waals surface area (Å²) in [6.07, 6.45) is 0.460. The predicted molar refractivity (Wildman–Crippen MR) is 111 cm³/mol. The number of carbonyl (C=O) groups excluding carboxylic acids is 1. The van der Waals surface area contributed by atoms with Gasteiger partial charge in [-0.05, 0) is 30.2 Å². The molecule has 1 aromatic heterocycles. The van der Waals surface area contributed by atoms with Crippen LogP contribution in [0, 0.1) is 11.3 Å². The normalized spacial score (nSPS) is 11.1. The number of pyridine rings is 1. The highest BCUT2D eigenvalue weighted by molar-refractivity contribution is 7.92. The van der Waals surface area contributed by atoms with Gasteiger partial charge < -0.3 is 4.74 Å². The van der Waals surface area contributed by atoms with E-state index >= 15 is 0 Å². The van der Waals surface area contributed by atoms with Crippen molar-refractivity contribution in [2.75, 3.05) is 17.6 Å². The van der Waals surface area contributed by atoms with E-state index in [1.165, 1.54) is 7.11 Å². The van der Waals surface area contributed by atoms with Gasteiger partial charge in [0.2, 0.25) is 10.0 Å². The number of nitrogens with zero attached hydrogens (tertiary/aromatic N) is 2. The zero-order valence-corrected chi connectivity index (χ0v) is 16.8. The van der Waals surface area contributed by atoms with Crippen LogP contribution in [-0.2, 0) is 14.8 Å². The van der Waals surface area contributed by atoms with E-state index in [1.54, 1.807) is 55.5 Å². The molecule has 0 spiro atoms. The summed E-state index contributed by atoms with van der Waals surface area (Å²) in [5.41, 5.74) is 2.21. The molecule has 8 heteroatoms. The number of fused-ring (bicyclic) bond motifs is 1. The van der Waals surface area contributed by atoms with Crippen molar-refractivity contribution in [3.05, 3.63) is 59.8 Å². The molecule has 29 heavy (non-hydrogen) atoms. The Bertz CT molecular complexity index is 1230. The second-order valence-corrected chi connectivity index (χ2v) is 8.17. The van der Waals surface area contributed by atoms with Gasteiger partial charge in [0.05, 0.1) is 35.7 Å². The Labute approximate surface area is 169 Å². The van der Waals surface area contributed by atoms with E-state index in [9.17, 15) is 18.5 Å². The van der Waals surface area contributed by atoms with Gasteiger partial charge in [0.25, 0.3) is 0 Å². The Balaban J connectivity index is 2.33.